The maximum atomic E-state index is 12.7. The van der Waals surface area contributed by atoms with Crippen LogP contribution >= 0.6 is 11.3 Å². The van der Waals surface area contributed by atoms with E-state index in [1.165, 1.54) is 11.3 Å². The van der Waals surface area contributed by atoms with Gasteiger partial charge in [-0.25, -0.2) is 8.42 Å². The van der Waals surface area contributed by atoms with Crippen LogP contribution in [-0.2, 0) is 10.0 Å². The lowest BCUT2D eigenvalue weighted by molar-refractivity contribution is 0.0725. The molecule has 0 saturated carbocycles. The molecule has 0 bridgehead atoms. The van der Waals surface area contributed by atoms with E-state index in [0.29, 0.717) is 11.3 Å². The second kappa shape index (κ2) is 6.94. The lowest BCUT2D eigenvalue weighted by Gasteiger charge is -2.27. The number of carbonyl (C=O) groups excluding carboxylic acids is 1. The van der Waals surface area contributed by atoms with Crippen molar-refractivity contribution in [2.45, 2.75) is 30.4 Å². The molecule has 1 fully saturated rings. The second-order valence-corrected chi connectivity index (χ2v) is 9.07. The molecule has 128 valence electrons. The molecule has 0 unspecified atom stereocenters. The van der Waals surface area contributed by atoms with E-state index in [2.05, 4.69) is 4.72 Å². The van der Waals surface area contributed by atoms with Crippen molar-refractivity contribution >= 4 is 33.0 Å². The number of thiophene rings is 1. The van der Waals surface area contributed by atoms with Crippen LogP contribution in [0.2, 0.25) is 0 Å². The molecule has 1 aliphatic heterocycles. The zero-order valence-electron chi connectivity index (χ0n) is 13.5. The molecule has 5 nitrogen and oxygen atoms in total. The van der Waals surface area contributed by atoms with Crippen molar-refractivity contribution in [2.75, 3.05) is 17.8 Å². The van der Waals surface area contributed by atoms with Gasteiger partial charge in [0, 0.05) is 18.0 Å². The standard InChI is InChI=1S/C17H20N2O3S2/c1-13-9-10-16(23-13)24(21,22)18-15-8-4-3-7-14(15)17(20)19-11-5-2-6-12-19/h3-4,7-10,18H,2,5-6,11-12H2,1H3. The summed E-state index contributed by atoms with van der Waals surface area (Å²) in [6.45, 7) is 3.31. The quantitative estimate of drug-likeness (QED) is 0.903. The second-order valence-electron chi connectivity index (χ2n) is 5.87. The van der Waals surface area contributed by atoms with E-state index in [9.17, 15) is 13.2 Å². The number of aryl methyl sites for hydroxylation is 1. The zero-order valence-corrected chi connectivity index (χ0v) is 15.1. The number of likely N-dealkylation sites (tertiary alicyclic amines) is 1. The molecule has 3 rings (SSSR count). The number of amides is 1. The smallest absolute Gasteiger partial charge is 0.271 e. The fourth-order valence-electron chi connectivity index (χ4n) is 2.78. The van der Waals surface area contributed by atoms with E-state index in [1.807, 2.05) is 6.92 Å². The van der Waals surface area contributed by atoms with Crippen LogP contribution in [0.15, 0.2) is 40.6 Å². The largest absolute Gasteiger partial charge is 0.339 e. The lowest BCUT2D eigenvalue weighted by Crippen LogP contribution is -2.36. The summed E-state index contributed by atoms with van der Waals surface area (Å²) in [5.41, 5.74) is 0.732. The van der Waals surface area contributed by atoms with Crippen molar-refractivity contribution in [3.63, 3.8) is 0 Å². The Morgan fingerprint density at radius 2 is 1.79 bits per heavy atom. The molecular formula is C17H20N2O3S2. The SMILES string of the molecule is Cc1ccc(S(=O)(=O)Nc2ccccc2C(=O)N2CCCCC2)s1. The highest BCUT2D eigenvalue weighted by atomic mass is 32.2. The topological polar surface area (TPSA) is 66.5 Å². The third-order valence-corrected chi connectivity index (χ3v) is 6.88. The summed E-state index contributed by atoms with van der Waals surface area (Å²) in [5, 5.41) is 0. The highest BCUT2D eigenvalue weighted by Crippen LogP contribution is 2.26. The van der Waals surface area contributed by atoms with Gasteiger partial charge in [0.1, 0.15) is 4.21 Å². The normalized spacial score (nSPS) is 15.3. The Labute approximate surface area is 146 Å². The van der Waals surface area contributed by atoms with Gasteiger partial charge in [0.15, 0.2) is 0 Å². The molecular weight excluding hydrogens is 344 g/mol. The van der Waals surface area contributed by atoms with Crippen molar-refractivity contribution in [3.05, 3.63) is 46.8 Å². The number of hydrogen-bond acceptors (Lipinski definition) is 4. The molecule has 7 heteroatoms. The first-order valence-corrected chi connectivity index (χ1v) is 10.2. The van der Waals surface area contributed by atoms with Crippen LogP contribution in [0.25, 0.3) is 0 Å². The first-order chi connectivity index (χ1) is 11.5. The van der Waals surface area contributed by atoms with Gasteiger partial charge in [-0.2, -0.15) is 0 Å². The summed E-state index contributed by atoms with van der Waals surface area (Å²) < 4.78 is 27.9. The highest BCUT2D eigenvalue weighted by molar-refractivity contribution is 7.94. The third-order valence-electron chi connectivity index (χ3n) is 4.03. The van der Waals surface area contributed by atoms with Gasteiger partial charge in [0.25, 0.3) is 15.9 Å². The number of anilines is 1. The number of para-hydroxylation sites is 1. The molecule has 0 atom stereocenters. The molecule has 24 heavy (non-hydrogen) atoms. The summed E-state index contributed by atoms with van der Waals surface area (Å²) in [4.78, 5) is 15.5. The molecule has 2 aromatic rings. The summed E-state index contributed by atoms with van der Waals surface area (Å²) >= 11 is 1.21. The van der Waals surface area contributed by atoms with Crippen molar-refractivity contribution in [2.24, 2.45) is 0 Å². The Kier molecular flexibility index (Phi) is 4.91. The molecule has 2 heterocycles. The third kappa shape index (κ3) is 3.62. The molecule has 1 aromatic heterocycles. The van der Waals surface area contributed by atoms with E-state index < -0.39 is 10.0 Å². The van der Waals surface area contributed by atoms with Gasteiger partial charge in [-0.1, -0.05) is 12.1 Å². The number of hydrogen-bond donors (Lipinski definition) is 1. The van der Waals surface area contributed by atoms with Crippen LogP contribution < -0.4 is 4.72 Å². The zero-order chi connectivity index (χ0) is 17.2. The van der Waals surface area contributed by atoms with Crippen molar-refractivity contribution in [3.8, 4) is 0 Å². The highest BCUT2D eigenvalue weighted by Gasteiger charge is 2.23. The molecule has 0 aliphatic carbocycles. The van der Waals surface area contributed by atoms with Crippen LogP contribution in [-0.4, -0.2) is 32.3 Å². The summed E-state index contributed by atoms with van der Waals surface area (Å²) in [6.07, 6.45) is 3.12. The number of nitrogens with one attached hydrogen (secondary N) is 1. The van der Waals surface area contributed by atoms with Gasteiger partial charge in [0.05, 0.1) is 11.3 Å². The number of sulfonamides is 1. The predicted molar refractivity (Wildman–Crippen MR) is 96.1 cm³/mol. The van der Waals surface area contributed by atoms with Crippen molar-refractivity contribution < 1.29 is 13.2 Å². The van der Waals surface area contributed by atoms with Crippen molar-refractivity contribution in [1.82, 2.24) is 4.90 Å². The minimum absolute atomic E-state index is 0.115. The fourth-order valence-corrected chi connectivity index (χ4v) is 5.14. The van der Waals surface area contributed by atoms with E-state index in [0.717, 1.165) is 37.2 Å². The Hall–Kier alpha value is -1.86. The molecule has 0 spiro atoms. The monoisotopic (exact) mass is 364 g/mol. The van der Waals surface area contributed by atoms with Gasteiger partial charge in [-0.3, -0.25) is 9.52 Å². The van der Waals surface area contributed by atoms with Gasteiger partial charge in [0.2, 0.25) is 0 Å². The maximum absolute atomic E-state index is 12.7. The van der Waals surface area contributed by atoms with Crippen LogP contribution in [0.5, 0.6) is 0 Å². The first kappa shape index (κ1) is 17.0. The molecule has 1 amide bonds. The molecule has 1 aromatic carbocycles. The van der Waals surface area contributed by atoms with E-state index in [1.54, 1.807) is 41.3 Å². The van der Waals surface area contributed by atoms with Gasteiger partial charge in [-0.05, 0) is 50.5 Å². The molecule has 0 radical (unpaired) electrons. The molecule has 1 aliphatic rings. The Bertz CT molecular complexity index is 837. The van der Waals surface area contributed by atoms with Gasteiger partial charge in [-0.15, -0.1) is 11.3 Å². The van der Waals surface area contributed by atoms with Gasteiger partial charge >= 0.3 is 0 Å². The minimum Gasteiger partial charge on any atom is -0.339 e. The number of carbonyl (C=O) groups is 1. The predicted octanol–water partition coefficient (Wildman–Crippen LogP) is 3.48. The summed E-state index contributed by atoms with van der Waals surface area (Å²) in [6, 6.07) is 10.1. The number of benzene rings is 1. The average Bonchev–Trinajstić information content (AvgIpc) is 3.03. The Morgan fingerprint density at radius 1 is 1.08 bits per heavy atom. The summed E-state index contributed by atoms with van der Waals surface area (Å²) in [7, 11) is -3.68. The molecule has 1 N–H and O–H groups in total. The van der Waals surface area contributed by atoms with E-state index >= 15 is 0 Å². The van der Waals surface area contributed by atoms with Crippen LogP contribution in [0.1, 0.15) is 34.5 Å². The number of nitrogens with zero attached hydrogens (tertiary/aromatic N) is 1. The Balaban J connectivity index is 1.88. The lowest BCUT2D eigenvalue weighted by atomic mass is 10.1. The van der Waals surface area contributed by atoms with E-state index in [-0.39, 0.29) is 10.1 Å². The van der Waals surface area contributed by atoms with Crippen LogP contribution in [0.3, 0.4) is 0 Å². The first-order valence-electron chi connectivity index (χ1n) is 7.95. The average molecular weight is 364 g/mol. The van der Waals surface area contributed by atoms with Crippen LogP contribution in [0, 0.1) is 6.92 Å². The van der Waals surface area contributed by atoms with Gasteiger partial charge < -0.3 is 4.90 Å². The van der Waals surface area contributed by atoms with E-state index in [4.69, 9.17) is 0 Å². The fraction of sp³-hybridized carbons (Fsp3) is 0.353. The maximum Gasteiger partial charge on any atom is 0.271 e. The Morgan fingerprint density at radius 3 is 2.46 bits per heavy atom. The van der Waals surface area contributed by atoms with Crippen LogP contribution in [0.4, 0.5) is 5.69 Å². The number of piperidine rings is 1. The summed E-state index contributed by atoms with van der Waals surface area (Å²) in [5.74, 6) is -0.115. The molecule has 1 saturated heterocycles. The van der Waals surface area contributed by atoms with Crippen molar-refractivity contribution in [1.29, 1.82) is 0 Å². The minimum atomic E-state index is -3.68. The number of rotatable bonds is 4.